The highest BCUT2D eigenvalue weighted by molar-refractivity contribution is 5.96. The number of rotatable bonds is 3. The molecule has 0 atom stereocenters. The molecule has 0 aliphatic heterocycles. The molecule has 0 unspecified atom stereocenters. The Kier molecular flexibility index (Phi) is 3.82. The molecular formula is C16H13N3O3. The van der Waals surface area contributed by atoms with E-state index in [1.165, 1.54) is 0 Å². The van der Waals surface area contributed by atoms with Crippen molar-refractivity contribution in [2.45, 2.75) is 6.61 Å². The quantitative estimate of drug-likeness (QED) is 0.778. The summed E-state index contributed by atoms with van der Waals surface area (Å²) in [6, 6.07) is 16.4. The lowest BCUT2D eigenvalue weighted by molar-refractivity contribution is 0.155. The number of aromatic amines is 1. The van der Waals surface area contributed by atoms with Crippen molar-refractivity contribution in [2.24, 2.45) is 0 Å². The summed E-state index contributed by atoms with van der Waals surface area (Å²) < 4.78 is 5.12. The zero-order valence-electron chi connectivity index (χ0n) is 11.6. The maximum absolute atomic E-state index is 11.9. The molecule has 0 radical (unpaired) electrons. The van der Waals surface area contributed by atoms with Gasteiger partial charge in [-0.1, -0.05) is 42.5 Å². The SMILES string of the molecule is O=C(Nc1nc(=O)[nH]c2ccccc12)OCc1ccccc1. The number of aromatic nitrogens is 2. The Balaban J connectivity index is 1.75. The van der Waals surface area contributed by atoms with Gasteiger partial charge in [0.1, 0.15) is 6.61 Å². The van der Waals surface area contributed by atoms with Gasteiger partial charge in [0.2, 0.25) is 0 Å². The average molecular weight is 295 g/mol. The highest BCUT2D eigenvalue weighted by atomic mass is 16.5. The van der Waals surface area contributed by atoms with Crippen LogP contribution >= 0.6 is 0 Å². The second-order valence-electron chi connectivity index (χ2n) is 4.62. The highest BCUT2D eigenvalue weighted by Gasteiger charge is 2.09. The van der Waals surface area contributed by atoms with Gasteiger partial charge in [0.05, 0.1) is 5.52 Å². The van der Waals surface area contributed by atoms with Crippen molar-refractivity contribution in [1.29, 1.82) is 0 Å². The monoisotopic (exact) mass is 295 g/mol. The number of ether oxygens (including phenoxy) is 1. The fraction of sp³-hybridized carbons (Fsp3) is 0.0625. The molecule has 110 valence electrons. The van der Waals surface area contributed by atoms with E-state index in [9.17, 15) is 9.59 Å². The molecule has 1 aromatic heterocycles. The molecule has 0 fully saturated rings. The third-order valence-electron chi connectivity index (χ3n) is 3.07. The summed E-state index contributed by atoms with van der Waals surface area (Å²) in [6.45, 7) is 0.147. The van der Waals surface area contributed by atoms with Crippen LogP contribution in [0.25, 0.3) is 10.9 Å². The lowest BCUT2D eigenvalue weighted by Crippen LogP contribution is -2.19. The molecule has 3 rings (SSSR count). The number of fused-ring (bicyclic) bond motifs is 1. The normalized spacial score (nSPS) is 10.4. The number of carbonyl (C=O) groups excluding carboxylic acids is 1. The third kappa shape index (κ3) is 3.12. The van der Waals surface area contributed by atoms with Crippen LogP contribution in [-0.2, 0) is 11.3 Å². The molecule has 2 aromatic carbocycles. The minimum atomic E-state index is -0.660. The first kappa shape index (κ1) is 13.8. The smallest absolute Gasteiger partial charge is 0.413 e. The zero-order chi connectivity index (χ0) is 15.4. The van der Waals surface area contributed by atoms with Crippen molar-refractivity contribution in [3.05, 3.63) is 70.6 Å². The second kappa shape index (κ2) is 6.09. The number of para-hydroxylation sites is 1. The Morgan fingerprint density at radius 3 is 2.64 bits per heavy atom. The van der Waals surface area contributed by atoms with Crippen LogP contribution in [0.5, 0.6) is 0 Å². The van der Waals surface area contributed by atoms with Crippen LogP contribution in [0.1, 0.15) is 5.56 Å². The van der Waals surface area contributed by atoms with Crippen molar-refractivity contribution in [3.8, 4) is 0 Å². The Morgan fingerprint density at radius 2 is 1.82 bits per heavy atom. The van der Waals surface area contributed by atoms with Crippen LogP contribution < -0.4 is 11.0 Å². The molecule has 0 aliphatic carbocycles. The Hall–Kier alpha value is -3.15. The number of amides is 1. The van der Waals surface area contributed by atoms with E-state index < -0.39 is 11.8 Å². The van der Waals surface area contributed by atoms with Crippen molar-refractivity contribution < 1.29 is 9.53 Å². The van der Waals surface area contributed by atoms with Gasteiger partial charge in [-0.3, -0.25) is 5.32 Å². The van der Waals surface area contributed by atoms with Crippen molar-refractivity contribution in [1.82, 2.24) is 9.97 Å². The van der Waals surface area contributed by atoms with Gasteiger partial charge in [0.15, 0.2) is 5.82 Å². The summed E-state index contributed by atoms with van der Waals surface area (Å²) in [5, 5.41) is 3.14. The fourth-order valence-electron chi connectivity index (χ4n) is 2.05. The van der Waals surface area contributed by atoms with E-state index >= 15 is 0 Å². The zero-order valence-corrected chi connectivity index (χ0v) is 11.6. The molecule has 1 amide bonds. The van der Waals surface area contributed by atoms with E-state index in [2.05, 4.69) is 15.3 Å². The fourth-order valence-corrected chi connectivity index (χ4v) is 2.05. The van der Waals surface area contributed by atoms with E-state index in [-0.39, 0.29) is 12.4 Å². The Bertz CT molecular complexity index is 859. The molecule has 0 saturated heterocycles. The first-order valence-electron chi connectivity index (χ1n) is 6.69. The first-order chi connectivity index (χ1) is 10.7. The molecular weight excluding hydrogens is 282 g/mol. The predicted molar refractivity (Wildman–Crippen MR) is 82.6 cm³/mol. The lowest BCUT2D eigenvalue weighted by Gasteiger charge is -2.08. The van der Waals surface area contributed by atoms with Crippen LogP contribution in [0, 0.1) is 0 Å². The summed E-state index contributed by atoms with van der Waals surface area (Å²) in [6.07, 6.45) is -0.660. The van der Waals surface area contributed by atoms with Gasteiger partial charge in [0, 0.05) is 5.39 Å². The van der Waals surface area contributed by atoms with Gasteiger partial charge in [-0.2, -0.15) is 4.98 Å². The maximum Gasteiger partial charge on any atom is 0.413 e. The van der Waals surface area contributed by atoms with Gasteiger partial charge in [-0.15, -0.1) is 0 Å². The molecule has 0 saturated carbocycles. The third-order valence-corrected chi connectivity index (χ3v) is 3.07. The number of anilines is 1. The minimum absolute atomic E-state index is 0.147. The second-order valence-corrected chi connectivity index (χ2v) is 4.62. The molecule has 0 bridgehead atoms. The van der Waals surface area contributed by atoms with Gasteiger partial charge >= 0.3 is 11.8 Å². The van der Waals surface area contributed by atoms with Crippen LogP contribution in [0.15, 0.2) is 59.4 Å². The number of hydrogen-bond acceptors (Lipinski definition) is 4. The topological polar surface area (TPSA) is 84.1 Å². The lowest BCUT2D eigenvalue weighted by atomic mass is 10.2. The largest absolute Gasteiger partial charge is 0.444 e. The Morgan fingerprint density at radius 1 is 1.09 bits per heavy atom. The van der Waals surface area contributed by atoms with Crippen molar-refractivity contribution in [2.75, 3.05) is 5.32 Å². The summed E-state index contributed by atoms with van der Waals surface area (Å²) in [5.74, 6) is 0.178. The number of nitrogens with one attached hydrogen (secondary N) is 2. The van der Waals surface area contributed by atoms with Gasteiger partial charge in [0.25, 0.3) is 0 Å². The first-order valence-corrected chi connectivity index (χ1v) is 6.69. The summed E-state index contributed by atoms with van der Waals surface area (Å²) >= 11 is 0. The number of benzene rings is 2. The summed E-state index contributed by atoms with van der Waals surface area (Å²) in [5.41, 5.74) is 0.944. The van der Waals surface area contributed by atoms with Crippen LogP contribution in [0.2, 0.25) is 0 Å². The maximum atomic E-state index is 11.9. The molecule has 6 nitrogen and oxygen atoms in total. The number of carbonyl (C=O) groups is 1. The van der Waals surface area contributed by atoms with E-state index in [0.717, 1.165) is 5.56 Å². The highest BCUT2D eigenvalue weighted by Crippen LogP contribution is 2.17. The molecule has 2 N–H and O–H groups in total. The molecule has 0 aliphatic rings. The Labute approximate surface area is 125 Å². The molecule has 0 spiro atoms. The van der Waals surface area contributed by atoms with E-state index in [0.29, 0.717) is 10.9 Å². The number of hydrogen-bond donors (Lipinski definition) is 2. The standard InChI is InChI=1S/C16H13N3O3/c20-15-17-13-9-5-4-8-12(13)14(18-15)19-16(21)22-10-11-6-2-1-3-7-11/h1-9H,10H2,(H2,17,18,19,20,21). The molecule has 3 aromatic rings. The van der Waals surface area contributed by atoms with E-state index in [4.69, 9.17) is 4.74 Å². The van der Waals surface area contributed by atoms with E-state index in [1.807, 2.05) is 30.3 Å². The van der Waals surface area contributed by atoms with Gasteiger partial charge < -0.3 is 9.72 Å². The van der Waals surface area contributed by atoms with Gasteiger partial charge in [-0.25, -0.2) is 9.59 Å². The summed E-state index contributed by atoms with van der Waals surface area (Å²) in [4.78, 5) is 29.7. The average Bonchev–Trinajstić information content (AvgIpc) is 2.54. The minimum Gasteiger partial charge on any atom is -0.444 e. The van der Waals surface area contributed by atoms with Crippen molar-refractivity contribution >= 4 is 22.8 Å². The summed E-state index contributed by atoms with van der Waals surface area (Å²) in [7, 11) is 0. The van der Waals surface area contributed by atoms with Crippen molar-refractivity contribution in [3.63, 3.8) is 0 Å². The molecule has 22 heavy (non-hydrogen) atoms. The number of nitrogens with zero attached hydrogens (tertiary/aromatic N) is 1. The van der Waals surface area contributed by atoms with E-state index in [1.54, 1.807) is 24.3 Å². The number of H-pyrrole nitrogens is 1. The molecule has 1 heterocycles. The molecule has 6 heteroatoms. The van der Waals surface area contributed by atoms with Crippen LogP contribution in [0.4, 0.5) is 10.6 Å². The van der Waals surface area contributed by atoms with Crippen LogP contribution in [0.3, 0.4) is 0 Å². The predicted octanol–water partition coefficient (Wildman–Crippen LogP) is 2.67. The van der Waals surface area contributed by atoms with Crippen LogP contribution in [-0.4, -0.2) is 16.1 Å². The van der Waals surface area contributed by atoms with Gasteiger partial charge in [-0.05, 0) is 17.7 Å².